The van der Waals surface area contributed by atoms with Crippen LogP contribution in [0, 0.1) is 0 Å². The van der Waals surface area contributed by atoms with Crippen LogP contribution in [0.5, 0.6) is 5.75 Å². The van der Waals surface area contributed by atoms with E-state index in [0.29, 0.717) is 12.1 Å². The van der Waals surface area contributed by atoms with Crippen LogP contribution in [0.2, 0.25) is 0 Å². The normalized spacial score (nSPS) is 10.9. The molecule has 5 nitrogen and oxygen atoms in total. The number of nitrogens with one attached hydrogen (secondary N) is 1. The number of amides is 1. The highest BCUT2D eigenvalue weighted by Gasteiger charge is 2.10. The third kappa shape index (κ3) is 3.85. The van der Waals surface area contributed by atoms with E-state index < -0.39 is 0 Å². The number of hydrogen-bond donors (Lipinski definition) is 1. The van der Waals surface area contributed by atoms with Gasteiger partial charge in [-0.2, -0.15) is 0 Å². The second-order valence-electron chi connectivity index (χ2n) is 6.12. The minimum atomic E-state index is -0.0682. The van der Waals surface area contributed by atoms with Crippen LogP contribution in [0.1, 0.15) is 15.9 Å². The van der Waals surface area contributed by atoms with Crippen molar-refractivity contribution in [3.05, 3.63) is 78.1 Å². The van der Waals surface area contributed by atoms with E-state index >= 15 is 0 Å². The summed E-state index contributed by atoms with van der Waals surface area (Å²) in [4.78, 5) is 17.1. The number of carbonyl (C=O) groups excluding carboxylic acids is 1. The Bertz CT molecular complexity index is 1050. The molecule has 4 aromatic rings. The lowest BCUT2D eigenvalue weighted by Crippen LogP contribution is -2.25. The number of ether oxygens (including phenoxy) is 1. The summed E-state index contributed by atoms with van der Waals surface area (Å²) in [6.07, 6.45) is 4.70. The molecular weight excluding hydrogens is 358 g/mol. The first-order valence-electron chi connectivity index (χ1n) is 8.68. The van der Waals surface area contributed by atoms with Crippen molar-refractivity contribution in [2.24, 2.45) is 0 Å². The topological polar surface area (TPSA) is 56.1 Å². The Kier molecular flexibility index (Phi) is 4.89. The third-order valence-corrected chi connectivity index (χ3v) is 5.35. The lowest BCUT2D eigenvalue weighted by atomic mass is 10.1. The maximum atomic E-state index is 12.5. The molecule has 0 saturated carbocycles. The number of aromatic nitrogens is 2. The Balaban J connectivity index is 1.41. The van der Waals surface area contributed by atoms with Gasteiger partial charge in [0.1, 0.15) is 5.75 Å². The zero-order chi connectivity index (χ0) is 18.6. The smallest absolute Gasteiger partial charge is 0.251 e. The van der Waals surface area contributed by atoms with Crippen molar-refractivity contribution in [2.75, 3.05) is 13.7 Å². The number of hydrogen-bond acceptors (Lipinski definition) is 4. The zero-order valence-corrected chi connectivity index (χ0v) is 15.7. The highest BCUT2D eigenvalue weighted by molar-refractivity contribution is 7.20. The van der Waals surface area contributed by atoms with Gasteiger partial charge >= 0.3 is 0 Å². The van der Waals surface area contributed by atoms with Crippen molar-refractivity contribution in [3.8, 4) is 10.9 Å². The number of fused-ring (bicyclic) bond motifs is 1. The van der Waals surface area contributed by atoms with E-state index in [0.717, 1.165) is 33.1 Å². The van der Waals surface area contributed by atoms with Crippen LogP contribution >= 0.6 is 11.3 Å². The molecule has 6 heteroatoms. The fourth-order valence-corrected chi connectivity index (χ4v) is 3.81. The number of carbonyl (C=O) groups is 1. The molecule has 2 aromatic carbocycles. The van der Waals surface area contributed by atoms with Crippen LogP contribution in [0.3, 0.4) is 0 Å². The molecule has 1 N–H and O–H groups in total. The molecule has 2 heterocycles. The van der Waals surface area contributed by atoms with E-state index in [1.807, 2.05) is 71.6 Å². The van der Waals surface area contributed by atoms with Gasteiger partial charge in [-0.25, -0.2) is 4.98 Å². The molecular formula is C21H19N3O2S. The van der Waals surface area contributed by atoms with Crippen molar-refractivity contribution in [3.63, 3.8) is 0 Å². The van der Waals surface area contributed by atoms with Gasteiger partial charge in [-0.15, -0.1) is 0 Å². The van der Waals surface area contributed by atoms with Crippen molar-refractivity contribution >= 4 is 27.5 Å². The first kappa shape index (κ1) is 17.3. The summed E-state index contributed by atoms with van der Waals surface area (Å²) in [6.45, 7) is 0.584. The lowest BCUT2D eigenvalue weighted by molar-refractivity contribution is 0.0954. The second-order valence-corrected chi connectivity index (χ2v) is 7.13. The van der Waals surface area contributed by atoms with E-state index in [1.165, 1.54) is 0 Å². The molecule has 0 aliphatic rings. The van der Waals surface area contributed by atoms with Gasteiger partial charge in [0.05, 0.1) is 17.3 Å². The fourth-order valence-electron chi connectivity index (χ4n) is 2.84. The summed E-state index contributed by atoms with van der Waals surface area (Å²) in [7, 11) is 1.65. The van der Waals surface area contributed by atoms with Crippen LogP contribution in [0.15, 0.2) is 67.0 Å². The van der Waals surface area contributed by atoms with Crippen molar-refractivity contribution in [1.82, 2.24) is 14.9 Å². The standard InChI is InChI=1S/C21H19N3O2S/c1-26-17-7-4-15(5-8-17)10-11-22-20(25)16-6-9-18-19(14-16)27-21(23-18)24-12-2-3-13-24/h2-9,12-14H,10-11H2,1H3,(H,22,25). The number of benzene rings is 2. The molecule has 0 spiro atoms. The largest absolute Gasteiger partial charge is 0.497 e. The van der Waals surface area contributed by atoms with Gasteiger partial charge in [0, 0.05) is 24.5 Å². The lowest BCUT2D eigenvalue weighted by Gasteiger charge is -2.06. The molecule has 1 amide bonds. The average Bonchev–Trinajstić information content (AvgIpc) is 3.37. The van der Waals surface area contributed by atoms with E-state index in [2.05, 4.69) is 10.3 Å². The monoisotopic (exact) mass is 377 g/mol. The molecule has 0 bridgehead atoms. The maximum Gasteiger partial charge on any atom is 0.251 e. The molecule has 136 valence electrons. The van der Waals surface area contributed by atoms with Gasteiger partial charge in [0.25, 0.3) is 5.91 Å². The minimum absolute atomic E-state index is 0.0682. The number of methoxy groups -OCH3 is 1. The highest BCUT2D eigenvalue weighted by atomic mass is 32.1. The molecule has 0 unspecified atom stereocenters. The second kappa shape index (κ2) is 7.63. The summed E-state index contributed by atoms with van der Waals surface area (Å²) in [5.41, 5.74) is 2.71. The van der Waals surface area contributed by atoms with Crippen molar-refractivity contribution in [1.29, 1.82) is 0 Å². The van der Waals surface area contributed by atoms with Gasteiger partial charge in [-0.3, -0.25) is 4.79 Å². The Morgan fingerprint density at radius 3 is 2.67 bits per heavy atom. The minimum Gasteiger partial charge on any atom is -0.497 e. The van der Waals surface area contributed by atoms with Crippen LogP contribution < -0.4 is 10.1 Å². The first-order valence-corrected chi connectivity index (χ1v) is 9.49. The van der Waals surface area contributed by atoms with Crippen molar-refractivity contribution < 1.29 is 9.53 Å². The van der Waals surface area contributed by atoms with Crippen LogP contribution in [0.4, 0.5) is 0 Å². The fraction of sp³-hybridized carbons (Fsp3) is 0.143. The summed E-state index contributed by atoms with van der Waals surface area (Å²) in [6, 6.07) is 17.4. The van der Waals surface area contributed by atoms with Gasteiger partial charge in [0.2, 0.25) is 0 Å². The third-order valence-electron chi connectivity index (χ3n) is 4.32. The summed E-state index contributed by atoms with van der Waals surface area (Å²) in [5.74, 6) is 0.765. The SMILES string of the molecule is COc1ccc(CCNC(=O)c2ccc3nc(-n4cccc4)sc3c2)cc1. The van der Waals surface area contributed by atoms with E-state index in [4.69, 9.17) is 4.74 Å². The zero-order valence-electron chi connectivity index (χ0n) is 14.9. The molecule has 2 aromatic heterocycles. The molecule has 0 aliphatic heterocycles. The summed E-state index contributed by atoms with van der Waals surface area (Å²) >= 11 is 1.57. The van der Waals surface area contributed by atoms with Crippen LogP contribution in [-0.2, 0) is 6.42 Å². The van der Waals surface area contributed by atoms with Crippen LogP contribution in [-0.4, -0.2) is 29.1 Å². The molecule has 0 radical (unpaired) electrons. The maximum absolute atomic E-state index is 12.5. The molecule has 0 aliphatic carbocycles. The number of nitrogens with zero attached hydrogens (tertiary/aromatic N) is 2. The average molecular weight is 377 g/mol. The quantitative estimate of drug-likeness (QED) is 0.551. The summed E-state index contributed by atoms with van der Waals surface area (Å²) < 4.78 is 8.13. The van der Waals surface area contributed by atoms with Crippen molar-refractivity contribution in [2.45, 2.75) is 6.42 Å². The van der Waals surface area contributed by atoms with Crippen LogP contribution in [0.25, 0.3) is 15.3 Å². The molecule has 0 saturated heterocycles. The van der Waals surface area contributed by atoms with E-state index in [-0.39, 0.29) is 5.91 Å². The molecule has 27 heavy (non-hydrogen) atoms. The number of rotatable bonds is 6. The van der Waals surface area contributed by atoms with Gasteiger partial charge in [-0.1, -0.05) is 23.5 Å². The van der Waals surface area contributed by atoms with Gasteiger partial charge in [0.15, 0.2) is 5.13 Å². The number of thiazole rings is 1. The molecule has 0 atom stereocenters. The Morgan fingerprint density at radius 1 is 1.15 bits per heavy atom. The van der Waals surface area contributed by atoms with E-state index in [1.54, 1.807) is 18.4 Å². The van der Waals surface area contributed by atoms with E-state index in [9.17, 15) is 4.79 Å². The van der Waals surface area contributed by atoms with Gasteiger partial charge < -0.3 is 14.6 Å². The Hall–Kier alpha value is -3.12. The summed E-state index contributed by atoms with van der Waals surface area (Å²) in [5, 5.41) is 3.88. The van der Waals surface area contributed by atoms with Gasteiger partial charge in [-0.05, 0) is 54.4 Å². The Labute approximate surface area is 161 Å². The highest BCUT2D eigenvalue weighted by Crippen LogP contribution is 2.26. The molecule has 4 rings (SSSR count). The predicted molar refractivity (Wildman–Crippen MR) is 108 cm³/mol. The first-order chi connectivity index (χ1) is 13.2. The predicted octanol–water partition coefficient (Wildman–Crippen LogP) is 4.07. The Morgan fingerprint density at radius 2 is 1.93 bits per heavy atom. The molecule has 0 fully saturated rings.